The van der Waals surface area contributed by atoms with Crippen LogP contribution in [0.25, 0.3) is 0 Å². The average Bonchev–Trinajstić information content (AvgIpc) is 3.58. The van der Waals surface area contributed by atoms with Gasteiger partial charge in [0.15, 0.2) is 12.2 Å². The van der Waals surface area contributed by atoms with Gasteiger partial charge in [-0.05, 0) is 49.4 Å². The van der Waals surface area contributed by atoms with E-state index in [9.17, 15) is 43.2 Å². The fourth-order valence-electron chi connectivity index (χ4n) is 9.69. The first-order valence-corrected chi connectivity index (χ1v) is 37.3. The number of carbonyl (C=O) groups is 4. The zero-order chi connectivity index (χ0) is 63.2. The zero-order valence-corrected chi connectivity index (χ0v) is 57.0. The molecule has 5 unspecified atom stereocenters. The second-order valence-electron chi connectivity index (χ2n) is 25.1. The van der Waals surface area contributed by atoms with E-state index >= 15 is 0 Å². The van der Waals surface area contributed by atoms with Crippen LogP contribution in [0.5, 0.6) is 0 Å². The number of esters is 4. The molecule has 0 heterocycles. The summed E-state index contributed by atoms with van der Waals surface area (Å²) in [7, 11) is -9.89. The van der Waals surface area contributed by atoms with Gasteiger partial charge in [0.1, 0.15) is 19.3 Å². The molecule has 0 rings (SSSR count). The molecule has 0 bridgehead atoms. The Bertz CT molecular complexity index is 1700. The first-order chi connectivity index (χ1) is 40.7. The molecule has 504 valence electrons. The van der Waals surface area contributed by atoms with Crippen molar-refractivity contribution in [3.05, 3.63) is 0 Å². The van der Waals surface area contributed by atoms with Crippen molar-refractivity contribution >= 4 is 39.5 Å². The van der Waals surface area contributed by atoms with E-state index in [1.165, 1.54) is 116 Å². The third-order valence-electron chi connectivity index (χ3n) is 16.2. The lowest BCUT2D eigenvalue weighted by atomic mass is 9.99. The van der Waals surface area contributed by atoms with Gasteiger partial charge in [-0.15, -0.1) is 0 Å². The molecule has 0 fully saturated rings. The van der Waals surface area contributed by atoms with Gasteiger partial charge in [-0.2, -0.15) is 0 Å². The topological polar surface area (TPSA) is 237 Å². The van der Waals surface area contributed by atoms with Crippen LogP contribution < -0.4 is 0 Å². The maximum absolute atomic E-state index is 13.0. The van der Waals surface area contributed by atoms with Crippen LogP contribution in [-0.4, -0.2) is 96.7 Å². The summed E-state index contributed by atoms with van der Waals surface area (Å²) in [5.41, 5.74) is 0. The molecule has 3 N–H and O–H groups in total. The van der Waals surface area contributed by atoms with E-state index in [1.54, 1.807) is 0 Å². The van der Waals surface area contributed by atoms with E-state index in [0.29, 0.717) is 31.6 Å². The fraction of sp³-hybridized carbons (Fsp3) is 0.939. The molecule has 0 aliphatic heterocycles. The summed E-state index contributed by atoms with van der Waals surface area (Å²) in [6, 6.07) is 0. The number of rotatable bonds is 63. The quantitative estimate of drug-likeness (QED) is 0.0222. The van der Waals surface area contributed by atoms with Crippen LogP contribution >= 0.6 is 15.6 Å². The number of carbonyl (C=O) groups excluding carboxylic acids is 4. The minimum atomic E-state index is -4.95. The Kier molecular flexibility index (Phi) is 54.8. The Hall–Kier alpha value is -1.94. The van der Waals surface area contributed by atoms with Gasteiger partial charge in [0, 0.05) is 25.7 Å². The molecule has 0 aromatic rings. The summed E-state index contributed by atoms with van der Waals surface area (Å²) in [5, 5.41) is 10.5. The molecule has 19 heteroatoms. The summed E-state index contributed by atoms with van der Waals surface area (Å²) in [5.74, 6) is 0.838. The molecule has 0 aliphatic rings. The SMILES string of the molecule is CCC(C)CCCCCCCCCCCCC(=O)OC[C@H](COP(=O)(O)OC[C@@H](O)COP(=O)(O)OC[C@@H](COC(=O)CCCCCCCCC(C)C)OC(=O)CCCCCCCCCCC(C)CC)OC(=O)CCCCCCCCC(C)CC. The lowest BCUT2D eigenvalue weighted by molar-refractivity contribution is -0.161. The number of aliphatic hydroxyl groups excluding tert-OH is 1. The van der Waals surface area contributed by atoms with Gasteiger partial charge in [-0.3, -0.25) is 37.3 Å². The zero-order valence-electron chi connectivity index (χ0n) is 55.2. The van der Waals surface area contributed by atoms with Crippen molar-refractivity contribution in [2.75, 3.05) is 39.6 Å². The molecule has 0 saturated carbocycles. The summed E-state index contributed by atoms with van der Waals surface area (Å²) in [6.45, 7) is 14.0. The van der Waals surface area contributed by atoms with Crippen LogP contribution in [0.3, 0.4) is 0 Å². The van der Waals surface area contributed by atoms with Gasteiger partial charge in [0.2, 0.25) is 0 Å². The van der Waals surface area contributed by atoms with Crippen molar-refractivity contribution in [2.24, 2.45) is 23.7 Å². The Balaban J connectivity index is 5.25. The van der Waals surface area contributed by atoms with Gasteiger partial charge in [0.25, 0.3) is 0 Å². The van der Waals surface area contributed by atoms with Crippen LogP contribution in [-0.2, 0) is 65.4 Å². The second kappa shape index (κ2) is 56.1. The summed E-state index contributed by atoms with van der Waals surface area (Å²) in [6.07, 6.45) is 36.3. The number of phosphoric acid groups is 2. The van der Waals surface area contributed by atoms with E-state index in [2.05, 4.69) is 55.4 Å². The van der Waals surface area contributed by atoms with Crippen molar-refractivity contribution in [3.8, 4) is 0 Å². The third kappa shape index (κ3) is 57.0. The number of phosphoric ester groups is 2. The maximum Gasteiger partial charge on any atom is 0.472 e. The summed E-state index contributed by atoms with van der Waals surface area (Å²) >= 11 is 0. The van der Waals surface area contributed by atoms with Crippen molar-refractivity contribution in [2.45, 2.75) is 337 Å². The average molecular weight is 1260 g/mol. The highest BCUT2D eigenvalue weighted by Gasteiger charge is 2.30. The van der Waals surface area contributed by atoms with Crippen LogP contribution in [0.15, 0.2) is 0 Å². The maximum atomic E-state index is 13.0. The standard InChI is InChI=1S/C66H128O17P2/c1-9-57(6)43-35-27-18-14-12-13-15-20-30-38-46-63(68)76-52-62(83-66(71)49-41-33-25-23-29-37-45-59(8)11-3)55-81-85(74,75)79-51-60(67)50-78-84(72,73)80-54-61(53-77-64(69)47-39-31-24-22-26-34-42-56(4)5)82-65(70)48-40-32-21-17-16-19-28-36-44-58(7)10-2/h56-62,67H,9-55H2,1-8H3,(H,72,73)(H,74,75)/t57?,58?,59?,60-,61+,62+/m0/s1. The molecule has 0 aromatic heterocycles. The molecular formula is C66H128O17P2. The van der Waals surface area contributed by atoms with Crippen molar-refractivity contribution in [1.82, 2.24) is 0 Å². The predicted octanol–water partition coefficient (Wildman–Crippen LogP) is 18.1. The van der Waals surface area contributed by atoms with Crippen molar-refractivity contribution in [1.29, 1.82) is 0 Å². The summed E-state index contributed by atoms with van der Waals surface area (Å²) in [4.78, 5) is 72.3. The van der Waals surface area contributed by atoms with E-state index in [0.717, 1.165) is 114 Å². The van der Waals surface area contributed by atoms with Crippen LogP contribution in [0, 0.1) is 23.7 Å². The molecule has 0 aromatic carbocycles. The van der Waals surface area contributed by atoms with Crippen LogP contribution in [0.4, 0.5) is 0 Å². The highest BCUT2D eigenvalue weighted by Crippen LogP contribution is 2.45. The highest BCUT2D eigenvalue weighted by atomic mass is 31.2. The molecular weight excluding hydrogens is 1130 g/mol. The number of ether oxygens (including phenoxy) is 4. The lowest BCUT2D eigenvalue weighted by Crippen LogP contribution is -2.30. The first kappa shape index (κ1) is 83.1. The molecule has 0 radical (unpaired) electrons. The minimum Gasteiger partial charge on any atom is -0.462 e. The molecule has 0 saturated heterocycles. The van der Waals surface area contributed by atoms with E-state index < -0.39 is 97.5 Å². The van der Waals surface area contributed by atoms with E-state index in [4.69, 9.17) is 37.0 Å². The highest BCUT2D eigenvalue weighted by molar-refractivity contribution is 7.47. The number of aliphatic hydroxyl groups is 1. The largest absolute Gasteiger partial charge is 0.472 e. The van der Waals surface area contributed by atoms with Crippen LogP contribution in [0.1, 0.15) is 319 Å². The van der Waals surface area contributed by atoms with Gasteiger partial charge >= 0.3 is 39.5 Å². The summed E-state index contributed by atoms with van der Waals surface area (Å²) < 4.78 is 68.1. The third-order valence-corrected chi connectivity index (χ3v) is 18.1. The van der Waals surface area contributed by atoms with Gasteiger partial charge in [-0.1, -0.05) is 267 Å². The Labute approximate surface area is 517 Å². The Morgan fingerprint density at radius 2 is 0.565 bits per heavy atom. The van der Waals surface area contributed by atoms with Gasteiger partial charge < -0.3 is 33.8 Å². The molecule has 0 aliphatic carbocycles. The van der Waals surface area contributed by atoms with Crippen LogP contribution in [0.2, 0.25) is 0 Å². The normalized spacial score (nSPS) is 15.3. The first-order valence-electron chi connectivity index (χ1n) is 34.3. The molecule has 8 atom stereocenters. The lowest BCUT2D eigenvalue weighted by Gasteiger charge is -2.21. The second-order valence-corrected chi connectivity index (χ2v) is 28.0. The number of hydrogen-bond acceptors (Lipinski definition) is 15. The molecule has 85 heavy (non-hydrogen) atoms. The van der Waals surface area contributed by atoms with Gasteiger partial charge in [0.05, 0.1) is 26.4 Å². The van der Waals surface area contributed by atoms with Gasteiger partial charge in [-0.25, -0.2) is 9.13 Å². The van der Waals surface area contributed by atoms with E-state index in [1.807, 2.05) is 0 Å². The molecule has 0 amide bonds. The van der Waals surface area contributed by atoms with Crippen molar-refractivity contribution < 1.29 is 80.2 Å². The number of hydrogen-bond donors (Lipinski definition) is 3. The fourth-order valence-corrected chi connectivity index (χ4v) is 11.3. The predicted molar refractivity (Wildman–Crippen MR) is 340 cm³/mol. The smallest absolute Gasteiger partial charge is 0.462 e. The minimum absolute atomic E-state index is 0.102. The number of unbranched alkanes of at least 4 members (excludes halogenated alkanes) is 26. The van der Waals surface area contributed by atoms with E-state index in [-0.39, 0.29) is 25.7 Å². The monoisotopic (exact) mass is 1250 g/mol. The molecule has 17 nitrogen and oxygen atoms in total. The molecule has 0 spiro atoms. The Morgan fingerprint density at radius 1 is 0.329 bits per heavy atom. The van der Waals surface area contributed by atoms with Crippen molar-refractivity contribution in [3.63, 3.8) is 0 Å². The Morgan fingerprint density at radius 3 is 0.835 bits per heavy atom.